The highest BCUT2D eigenvalue weighted by Crippen LogP contribution is 2.36. The maximum absolute atomic E-state index is 12.5. The van der Waals surface area contributed by atoms with Gasteiger partial charge in [-0.15, -0.1) is 0 Å². The first-order chi connectivity index (χ1) is 12.3. The van der Waals surface area contributed by atoms with Crippen molar-refractivity contribution in [2.75, 3.05) is 11.9 Å². The van der Waals surface area contributed by atoms with Gasteiger partial charge in [0, 0.05) is 11.3 Å². The number of carbonyl (C=O) groups excluding carboxylic acids is 1. The minimum atomic E-state index is -0.367. The van der Waals surface area contributed by atoms with Crippen LogP contribution in [-0.4, -0.2) is 12.5 Å². The molecule has 0 aromatic heterocycles. The Balaban J connectivity index is 1.85. The number of hydrogen-bond acceptors (Lipinski definition) is 3. The largest absolute Gasteiger partial charge is 0.489 e. The van der Waals surface area contributed by atoms with Gasteiger partial charge in [-0.1, -0.05) is 55.1 Å². The molecule has 1 unspecified atom stereocenters. The standard InChI is InChI=1S/C21H18N2O2/c1-2-13-25-18-12-11-14-7-3-4-8-15(14)19(18)20-22-17-10-6-5-9-16(17)21(24)23-20/h2-12,20,22H,1,13H2,(H,23,24). The lowest BCUT2D eigenvalue weighted by molar-refractivity contribution is 0.0935. The Kier molecular flexibility index (Phi) is 3.86. The second kappa shape index (κ2) is 6.32. The lowest BCUT2D eigenvalue weighted by Crippen LogP contribution is -2.38. The highest BCUT2D eigenvalue weighted by molar-refractivity contribution is 6.02. The number of benzene rings is 3. The van der Waals surface area contributed by atoms with E-state index in [0.717, 1.165) is 27.8 Å². The van der Waals surface area contributed by atoms with Gasteiger partial charge in [0.15, 0.2) is 0 Å². The summed E-state index contributed by atoms with van der Waals surface area (Å²) in [5.74, 6) is 0.637. The van der Waals surface area contributed by atoms with Gasteiger partial charge >= 0.3 is 0 Å². The number of rotatable bonds is 4. The van der Waals surface area contributed by atoms with Crippen LogP contribution in [0.15, 0.2) is 73.3 Å². The zero-order valence-electron chi connectivity index (χ0n) is 13.7. The first kappa shape index (κ1) is 15.3. The fraction of sp³-hybridized carbons (Fsp3) is 0.0952. The van der Waals surface area contributed by atoms with Crippen LogP contribution in [0, 0.1) is 0 Å². The van der Waals surface area contributed by atoms with Crippen molar-refractivity contribution >= 4 is 22.4 Å². The molecule has 4 heteroatoms. The number of para-hydroxylation sites is 1. The average Bonchev–Trinajstić information content (AvgIpc) is 2.65. The molecule has 0 spiro atoms. The molecule has 0 bridgehead atoms. The first-order valence-electron chi connectivity index (χ1n) is 8.19. The first-order valence-corrected chi connectivity index (χ1v) is 8.19. The van der Waals surface area contributed by atoms with E-state index in [9.17, 15) is 4.79 Å². The Morgan fingerprint density at radius 2 is 1.80 bits per heavy atom. The highest BCUT2D eigenvalue weighted by atomic mass is 16.5. The summed E-state index contributed by atoms with van der Waals surface area (Å²) in [5.41, 5.74) is 2.38. The Hall–Kier alpha value is -3.27. The Morgan fingerprint density at radius 1 is 1.00 bits per heavy atom. The Bertz CT molecular complexity index is 965. The molecule has 1 atom stereocenters. The summed E-state index contributed by atoms with van der Waals surface area (Å²) in [7, 11) is 0. The second-order valence-corrected chi connectivity index (χ2v) is 5.89. The lowest BCUT2D eigenvalue weighted by Gasteiger charge is -2.30. The van der Waals surface area contributed by atoms with Crippen molar-refractivity contribution in [3.05, 3.63) is 84.4 Å². The van der Waals surface area contributed by atoms with Crippen molar-refractivity contribution in [1.29, 1.82) is 0 Å². The van der Waals surface area contributed by atoms with E-state index in [1.807, 2.05) is 54.6 Å². The van der Waals surface area contributed by atoms with E-state index < -0.39 is 0 Å². The van der Waals surface area contributed by atoms with Crippen LogP contribution in [0.3, 0.4) is 0 Å². The molecule has 3 aromatic carbocycles. The zero-order valence-corrected chi connectivity index (χ0v) is 13.7. The van der Waals surface area contributed by atoms with Crippen molar-refractivity contribution in [2.45, 2.75) is 6.17 Å². The van der Waals surface area contributed by atoms with Gasteiger partial charge in [-0.25, -0.2) is 0 Å². The van der Waals surface area contributed by atoms with Crippen molar-refractivity contribution in [3.8, 4) is 5.75 Å². The predicted octanol–water partition coefficient (Wildman–Crippen LogP) is 4.26. The summed E-state index contributed by atoms with van der Waals surface area (Å²) in [6.45, 7) is 4.12. The van der Waals surface area contributed by atoms with Gasteiger partial charge in [0.1, 0.15) is 18.5 Å². The molecule has 1 aliphatic heterocycles. The van der Waals surface area contributed by atoms with Crippen LogP contribution >= 0.6 is 0 Å². The SMILES string of the molecule is C=CCOc1ccc2ccccc2c1C1NC(=O)c2ccccc2N1. The van der Waals surface area contributed by atoms with E-state index >= 15 is 0 Å². The van der Waals surface area contributed by atoms with Gasteiger partial charge < -0.3 is 15.4 Å². The van der Waals surface area contributed by atoms with Crippen LogP contribution in [0.5, 0.6) is 5.75 Å². The van der Waals surface area contributed by atoms with Gasteiger partial charge in [-0.2, -0.15) is 0 Å². The molecule has 124 valence electrons. The van der Waals surface area contributed by atoms with Gasteiger partial charge in [-0.05, 0) is 29.0 Å². The molecule has 1 aliphatic rings. The van der Waals surface area contributed by atoms with E-state index in [0.29, 0.717) is 12.2 Å². The van der Waals surface area contributed by atoms with Gasteiger partial charge in [0.25, 0.3) is 5.91 Å². The molecule has 0 saturated heterocycles. The third kappa shape index (κ3) is 2.72. The van der Waals surface area contributed by atoms with Crippen LogP contribution in [0.1, 0.15) is 22.1 Å². The van der Waals surface area contributed by atoms with E-state index in [-0.39, 0.29) is 12.1 Å². The number of anilines is 1. The van der Waals surface area contributed by atoms with E-state index in [2.05, 4.69) is 23.3 Å². The molecule has 4 nitrogen and oxygen atoms in total. The van der Waals surface area contributed by atoms with E-state index in [4.69, 9.17) is 4.74 Å². The number of hydrogen-bond donors (Lipinski definition) is 2. The lowest BCUT2D eigenvalue weighted by atomic mass is 9.99. The molecule has 1 amide bonds. The molecular weight excluding hydrogens is 312 g/mol. The van der Waals surface area contributed by atoms with Gasteiger partial charge in [-0.3, -0.25) is 4.79 Å². The third-order valence-electron chi connectivity index (χ3n) is 4.32. The number of carbonyl (C=O) groups is 1. The minimum absolute atomic E-state index is 0.0954. The second-order valence-electron chi connectivity index (χ2n) is 5.89. The maximum atomic E-state index is 12.5. The zero-order chi connectivity index (χ0) is 17.2. The van der Waals surface area contributed by atoms with Gasteiger partial charge in [0.2, 0.25) is 0 Å². The van der Waals surface area contributed by atoms with Crippen LogP contribution in [0.2, 0.25) is 0 Å². The summed E-state index contributed by atoms with van der Waals surface area (Å²) in [6.07, 6.45) is 1.34. The monoisotopic (exact) mass is 330 g/mol. The van der Waals surface area contributed by atoms with Crippen molar-refractivity contribution in [1.82, 2.24) is 5.32 Å². The summed E-state index contributed by atoms with van der Waals surface area (Å²) in [6, 6.07) is 19.5. The predicted molar refractivity (Wildman–Crippen MR) is 99.9 cm³/mol. The molecule has 2 N–H and O–H groups in total. The number of amides is 1. The van der Waals surface area contributed by atoms with Crippen molar-refractivity contribution in [3.63, 3.8) is 0 Å². The van der Waals surface area contributed by atoms with Crippen LogP contribution in [-0.2, 0) is 0 Å². The number of nitrogens with one attached hydrogen (secondary N) is 2. The average molecular weight is 330 g/mol. The number of fused-ring (bicyclic) bond motifs is 2. The van der Waals surface area contributed by atoms with E-state index in [1.54, 1.807) is 6.08 Å². The summed E-state index contributed by atoms with van der Waals surface area (Å²) in [4.78, 5) is 12.5. The quantitative estimate of drug-likeness (QED) is 0.703. The minimum Gasteiger partial charge on any atom is -0.489 e. The highest BCUT2D eigenvalue weighted by Gasteiger charge is 2.27. The third-order valence-corrected chi connectivity index (χ3v) is 4.32. The topological polar surface area (TPSA) is 50.4 Å². The molecule has 25 heavy (non-hydrogen) atoms. The van der Waals surface area contributed by atoms with Crippen molar-refractivity contribution < 1.29 is 9.53 Å². The number of ether oxygens (including phenoxy) is 1. The fourth-order valence-electron chi connectivity index (χ4n) is 3.20. The molecule has 0 saturated carbocycles. The molecule has 0 radical (unpaired) electrons. The summed E-state index contributed by atoms with van der Waals surface area (Å²) < 4.78 is 5.86. The van der Waals surface area contributed by atoms with Crippen LogP contribution < -0.4 is 15.4 Å². The molecule has 0 fully saturated rings. The molecule has 1 heterocycles. The summed E-state index contributed by atoms with van der Waals surface area (Å²) >= 11 is 0. The molecule has 0 aliphatic carbocycles. The van der Waals surface area contributed by atoms with Crippen LogP contribution in [0.25, 0.3) is 10.8 Å². The molecular formula is C21H18N2O2. The normalized spacial score (nSPS) is 15.8. The Morgan fingerprint density at radius 3 is 2.68 bits per heavy atom. The van der Waals surface area contributed by atoms with Gasteiger partial charge in [0.05, 0.1) is 5.56 Å². The molecule has 3 aromatic rings. The van der Waals surface area contributed by atoms with Crippen molar-refractivity contribution in [2.24, 2.45) is 0 Å². The summed E-state index contributed by atoms with van der Waals surface area (Å²) in [5, 5.41) is 8.60. The van der Waals surface area contributed by atoms with E-state index in [1.165, 1.54) is 0 Å². The smallest absolute Gasteiger partial charge is 0.255 e. The fourth-order valence-corrected chi connectivity index (χ4v) is 3.20. The maximum Gasteiger partial charge on any atom is 0.255 e. The van der Waals surface area contributed by atoms with Crippen LogP contribution in [0.4, 0.5) is 5.69 Å². The molecule has 4 rings (SSSR count). The Labute approximate surface area is 146 Å².